The maximum atomic E-state index is 11.7. The third-order valence-electron chi connectivity index (χ3n) is 3.17. The first kappa shape index (κ1) is 18.1. The molecular weight excluding hydrogens is 282 g/mol. The average molecular weight is 309 g/mol. The molecule has 0 aliphatic rings. The van der Waals surface area contributed by atoms with Crippen molar-refractivity contribution in [2.75, 3.05) is 32.1 Å². The van der Waals surface area contributed by atoms with E-state index in [1.54, 1.807) is 7.11 Å². The maximum absolute atomic E-state index is 11.7. The van der Waals surface area contributed by atoms with Gasteiger partial charge in [-0.25, -0.2) is 4.79 Å². The van der Waals surface area contributed by atoms with Gasteiger partial charge >= 0.3 is 6.09 Å². The number of rotatable bonds is 6. The number of anilines is 1. The van der Waals surface area contributed by atoms with Crippen LogP contribution in [0.25, 0.3) is 0 Å². The molecule has 0 fully saturated rings. The lowest BCUT2D eigenvalue weighted by Crippen LogP contribution is -2.47. The molecule has 0 heterocycles. The highest BCUT2D eigenvalue weighted by Crippen LogP contribution is 2.27. The molecule has 1 atom stereocenters. The molecule has 22 heavy (non-hydrogen) atoms. The number of alkyl carbamates (subject to hydrolysis) is 1. The number of nitrogens with two attached hydrogens (primary N) is 1. The summed E-state index contributed by atoms with van der Waals surface area (Å²) < 4.78 is 10.6. The topological polar surface area (TPSA) is 76.8 Å². The van der Waals surface area contributed by atoms with Gasteiger partial charge in [-0.05, 0) is 32.9 Å². The first-order valence-electron chi connectivity index (χ1n) is 7.31. The van der Waals surface area contributed by atoms with Gasteiger partial charge in [0.1, 0.15) is 11.4 Å². The highest BCUT2D eigenvalue weighted by atomic mass is 16.6. The molecule has 0 saturated heterocycles. The van der Waals surface area contributed by atoms with Crippen molar-refractivity contribution < 1.29 is 14.3 Å². The number of carbonyl (C=O) groups excluding carboxylic acids is 1. The number of ether oxygens (including phenoxy) is 2. The molecular formula is C16H27N3O3. The van der Waals surface area contributed by atoms with E-state index in [-0.39, 0.29) is 6.04 Å². The van der Waals surface area contributed by atoms with Crippen LogP contribution in [0.1, 0.15) is 20.8 Å². The lowest BCUT2D eigenvalue weighted by Gasteiger charge is -2.30. The van der Waals surface area contributed by atoms with E-state index in [1.807, 2.05) is 57.0 Å². The number of para-hydroxylation sites is 2. The van der Waals surface area contributed by atoms with Crippen LogP contribution in [0.4, 0.5) is 10.5 Å². The van der Waals surface area contributed by atoms with Gasteiger partial charge in [0, 0.05) is 20.1 Å². The summed E-state index contributed by atoms with van der Waals surface area (Å²) in [4.78, 5) is 13.7. The summed E-state index contributed by atoms with van der Waals surface area (Å²) in [5.41, 5.74) is 6.25. The smallest absolute Gasteiger partial charge is 0.407 e. The minimum absolute atomic E-state index is 0.0659. The summed E-state index contributed by atoms with van der Waals surface area (Å²) in [6, 6.07) is 7.62. The number of likely N-dealkylation sites (N-methyl/N-ethyl adjacent to an activating group) is 1. The molecule has 0 bridgehead atoms. The van der Waals surface area contributed by atoms with E-state index < -0.39 is 11.7 Å². The lowest BCUT2D eigenvalue weighted by molar-refractivity contribution is 0.0525. The second-order valence-electron chi connectivity index (χ2n) is 6.06. The molecule has 1 amide bonds. The molecule has 0 aliphatic carbocycles. The van der Waals surface area contributed by atoms with E-state index in [1.165, 1.54) is 0 Å². The van der Waals surface area contributed by atoms with Crippen molar-refractivity contribution in [3.63, 3.8) is 0 Å². The number of hydrogen-bond donors (Lipinski definition) is 2. The summed E-state index contributed by atoms with van der Waals surface area (Å²) in [6.45, 7) is 6.26. The molecule has 124 valence electrons. The molecule has 1 rings (SSSR count). The Morgan fingerprint density at radius 3 is 2.55 bits per heavy atom. The third-order valence-corrected chi connectivity index (χ3v) is 3.17. The fourth-order valence-electron chi connectivity index (χ4n) is 2.01. The summed E-state index contributed by atoms with van der Waals surface area (Å²) in [7, 11) is 3.55. The van der Waals surface area contributed by atoms with Crippen molar-refractivity contribution >= 4 is 11.8 Å². The van der Waals surface area contributed by atoms with Gasteiger partial charge in [0.2, 0.25) is 0 Å². The Hall–Kier alpha value is -1.95. The Balaban J connectivity index is 2.69. The lowest BCUT2D eigenvalue weighted by atomic mass is 10.2. The van der Waals surface area contributed by atoms with Gasteiger partial charge in [0.15, 0.2) is 0 Å². The Kier molecular flexibility index (Phi) is 6.49. The van der Waals surface area contributed by atoms with Crippen LogP contribution in [0.5, 0.6) is 5.75 Å². The Morgan fingerprint density at radius 2 is 2.00 bits per heavy atom. The van der Waals surface area contributed by atoms with E-state index in [4.69, 9.17) is 15.2 Å². The maximum Gasteiger partial charge on any atom is 0.407 e. The molecule has 0 radical (unpaired) electrons. The number of benzene rings is 1. The average Bonchev–Trinajstić information content (AvgIpc) is 2.45. The molecule has 0 aliphatic heterocycles. The SMILES string of the molecule is COc1ccccc1N(C)C(CN)CNC(=O)OC(C)(C)C. The molecule has 1 unspecified atom stereocenters. The van der Waals surface area contributed by atoms with Crippen LogP contribution < -0.4 is 20.7 Å². The predicted octanol–water partition coefficient (Wildman–Crippen LogP) is 1.98. The van der Waals surface area contributed by atoms with E-state index in [0.29, 0.717) is 13.1 Å². The molecule has 6 nitrogen and oxygen atoms in total. The standard InChI is InChI=1S/C16H27N3O3/c1-16(2,3)22-15(20)18-11-12(10-17)19(4)13-8-6-7-9-14(13)21-5/h6-9,12H,10-11,17H2,1-5H3,(H,18,20). The van der Waals surface area contributed by atoms with Crippen molar-refractivity contribution in [2.24, 2.45) is 5.73 Å². The van der Waals surface area contributed by atoms with Crippen LogP contribution in [0.3, 0.4) is 0 Å². The summed E-state index contributed by atoms with van der Waals surface area (Å²) in [5, 5.41) is 2.75. The van der Waals surface area contributed by atoms with Gasteiger partial charge in [-0.2, -0.15) is 0 Å². The van der Waals surface area contributed by atoms with Crippen LogP contribution in [-0.4, -0.2) is 45.0 Å². The molecule has 1 aromatic rings. The Bertz CT molecular complexity index is 486. The van der Waals surface area contributed by atoms with Crippen LogP contribution in [0.2, 0.25) is 0 Å². The van der Waals surface area contributed by atoms with Crippen LogP contribution in [0.15, 0.2) is 24.3 Å². The second kappa shape index (κ2) is 7.89. The van der Waals surface area contributed by atoms with Gasteiger partial charge in [0.25, 0.3) is 0 Å². The molecule has 6 heteroatoms. The van der Waals surface area contributed by atoms with E-state index in [0.717, 1.165) is 11.4 Å². The highest BCUT2D eigenvalue weighted by molar-refractivity contribution is 5.68. The highest BCUT2D eigenvalue weighted by Gasteiger charge is 2.20. The molecule has 0 aromatic heterocycles. The van der Waals surface area contributed by atoms with E-state index in [9.17, 15) is 4.79 Å². The van der Waals surface area contributed by atoms with Gasteiger partial charge in [-0.15, -0.1) is 0 Å². The largest absolute Gasteiger partial charge is 0.495 e. The Morgan fingerprint density at radius 1 is 1.36 bits per heavy atom. The zero-order chi connectivity index (χ0) is 16.8. The monoisotopic (exact) mass is 309 g/mol. The number of amides is 1. The number of methoxy groups -OCH3 is 1. The summed E-state index contributed by atoms with van der Waals surface area (Å²) in [6.07, 6.45) is -0.445. The van der Waals surface area contributed by atoms with Crippen LogP contribution in [0, 0.1) is 0 Å². The number of nitrogens with one attached hydrogen (secondary N) is 1. The predicted molar refractivity (Wildman–Crippen MR) is 88.5 cm³/mol. The molecule has 0 spiro atoms. The zero-order valence-electron chi connectivity index (χ0n) is 14.1. The first-order valence-corrected chi connectivity index (χ1v) is 7.31. The third kappa shape index (κ3) is 5.44. The number of hydrogen-bond acceptors (Lipinski definition) is 5. The normalized spacial score (nSPS) is 12.5. The summed E-state index contributed by atoms with van der Waals surface area (Å²) in [5.74, 6) is 0.765. The number of carbonyl (C=O) groups is 1. The second-order valence-corrected chi connectivity index (χ2v) is 6.06. The fourth-order valence-corrected chi connectivity index (χ4v) is 2.01. The molecule has 1 aromatic carbocycles. The van der Waals surface area contributed by atoms with Crippen molar-refractivity contribution in [1.29, 1.82) is 0 Å². The van der Waals surface area contributed by atoms with Crippen molar-refractivity contribution in [3.05, 3.63) is 24.3 Å². The van der Waals surface area contributed by atoms with Crippen LogP contribution >= 0.6 is 0 Å². The van der Waals surface area contributed by atoms with Gasteiger partial charge in [-0.3, -0.25) is 0 Å². The van der Waals surface area contributed by atoms with Crippen LogP contribution in [-0.2, 0) is 4.74 Å². The van der Waals surface area contributed by atoms with Crippen molar-refractivity contribution in [2.45, 2.75) is 32.4 Å². The number of nitrogens with zero attached hydrogens (tertiary/aromatic N) is 1. The molecule has 3 N–H and O–H groups in total. The van der Waals surface area contributed by atoms with E-state index >= 15 is 0 Å². The minimum Gasteiger partial charge on any atom is -0.495 e. The first-order chi connectivity index (χ1) is 10.3. The summed E-state index contributed by atoms with van der Waals surface area (Å²) >= 11 is 0. The van der Waals surface area contributed by atoms with Crippen molar-refractivity contribution in [3.8, 4) is 5.75 Å². The quantitative estimate of drug-likeness (QED) is 0.840. The van der Waals surface area contributed by atoms with E-state index in [2.05, 4.69) is 5.32 Å². The van der Waals surface area contributed by atoms with Gasteiger partial charge in [0.05, 0.1) is 18.8 Å². The minimum atomic E-state index is -0.517. The Labute approximate surface area is 132 Å². The fraction of sp³-hybridized carbons (Fsp3) is 0.562. The zero-order valence-corrected chi connectivity index (χ0v) is 14.1. The van der Waals surface area contributed by atoms with Gasteiger partial charge in [-0.1, -0.05) is 12.1 Å². The molecule has 0 saturated carbocycles. The van der Waals surface area contributed by atoms with Gasteiger partial charge < -0.3 is 25.4 Å². The van der Waals surface area contributed by atoms with Crippen molar-refractivity contribution in [1.82, 2.24) is 5.32 Å².